The fourth-order valence-corrected chi connectivity index (χ4v) is 2.80. The van der Waals surface area contributed by atoms with Crippen LogP contribution in [0, 0.1) is 5.92 Å². The number of ketones is 1. The summed E-state index contributed by atoms with van der Waals surface area (Å²) in [4.78, 5) is 15.1. The molecule has 0 bridgehead atoms. The Hall–Kier alpha value is -2.11. The third kappa shape index (κ3) is 4.94. The number of pyridine rings is 1. The molecule has 1 aliphatic carbocycles. The fraction of sp³-hybridized carbons (Fsp3) is 0.500. The molecule has 1 saturated carbocycles. The number of alkyl halides is 2. The zero-order valence-corrected chi connectivity index (χ0v) is 14.1. The molecule has 2 heterocycles. The van der Waals surface area contributed by atoms with Crippen molar-refractivity contribution in [2.24, 2.45) is 5.92 Å². The van der Waals surface area contributed by atoms with Gasteiger partial charge < -0.3 is 0 Å². The maximum Gasteiger partial charge on any atom is 0.248 e. The molecule has 2 aromatic heterocycles. The van der Waals surface area contributed by atoms with Crippen LogP contribution in [-0.4, -0.2) is 26.9 Å². The number of carbonyl (C=O) groups excluding carboxylic acids is 1. The molecule has 1 aliphatic rings. The average Bonchev–Trinajstić information content (AvgIpc) is 3.06. The minimum Gasteiger partial charge on any atom is -0.294 e. The number of nitrogens with zero attached hydrogens (tertiary/aromatic N) is 2. The lowest BCUT2D eigenvalue weighted by Crippen LogP contribution is -2.24. The first-order valence-corrected chi connectivity index (χ1v) is 8.25. The van der Waals surface area contributed by atoms with Crippen LogP contribution in [0.25, 0.3) is 11.3 Å². The highest BCUT2D eigenvalue weighted by Crippen LogP contribution is 2.37. The Bertz CT molecular complexity index is 655. The summed E-state index contributed by atoms with van der Waals surface area (Å²) in [5, 5.41) is 6.66. The van der Waals surface area contributed by atoms with Gasteiger partial charge in [-0.25, -0.2) is 8.78 Å². The van der Waals surface area contributed by atoms with Crippen LogP contribution in [0.4, 0.5) is 8.78 Å². The molecular formula is C18H27F2N3O. The standard InChI is InChI=1S/C10H9N3O.C8H14F2.2H2/c1-7(14)9-6-12-13-10(9)8-2-4-11-5-3-8;1-2-7-3-5-8(9,10)6-4-7;;/h2-6H,1H3,(H,12,13);7H,2-6H2,1H3;2*1H. The highest BCUT2D eigenvalue weighted by atomic mass is 19.3. The molecule has 0 aromatic carbocycles. The number of H-pyrrole nitrogens is 1. The van der Waals surface area contributed by atoms with Gasteiger partial charge in [-0.15, -0.1) is 0 Å². The van der Waals surface area contributed by atoms with Crippen LogP contribution >= 0.6 is 0 Å². The fourth-order valence-electron chi connectivity index (χ4n) is 2.80. The smallest absolute Gasteiger partial charge is 0.248 e. The van der Waals surface area contributed by atoms with E-state index < -0.39 is 5.92 Å². The van der Waals surface area contributed by atoms with Crippen molar-refractivity contribution in [3.05, 3.63) is 36.3 Å². The van der Waals surface area contributed by atoms with Gasteiger partial charge in [-0.1, -0.05) is 13.3 Å². The normalized spacial score (nSPS) is 17.0. The highest BCUT2D eigenvalue weighted by molar-refractivity contribution is 5.99. The summed E-state index contributed by atoms with van der Waals surface area (Å²) in [6.07, 6.45) is 7.65. The Morgan fingerprint density at radius 1 is 1.33 bits per heavy atom. The van der Waals surface area contributed by atoms with Gasteiger partial charge in [0.05, 0.1) is 17.5 Å². The number of Topliss-reactive ketones (excluding diaryl/α,β-unsaturated/α-hetero) is 1. The van der Waals surface area contributed by atoms with Gasteiger partial charge in [0.2, 0.25) is 5.92 Å². The highest BCUT2D eigenvalue weighted by Gasteiger charge is 2.33. The molecular weight excluding hydrogens is 312 g/mol. The number of aromatic nitrogens is 3. The van der Waals surface area contributed by atoms with E-state index in [2.05, 4.69) is 22.1 Å². The van der Waals surface area contributed by atoms with E-state index in [-0.39, 0.29) is 21.5 Å². The molecule has 2 aromatic rings. The van der Waals surface area contributed by atoms with E-state index in [0.717, 1.165) is 30.5 Å². The van der Waals surface area contributed by atoms with Gasteiger partial charge in [-0.05, 0) is 37.8 Å². The molecule has 0 amide bonds. The summed E-state index contributed by atoms with van der Waals surface area (Å²) >= 11 is 0. The van der Waals surface area contributed by atoms with Gasteiger partial charge in [0.1, 0.15) is 0 Å². The van der Waals surface area contributed by atoms with Gasteiger partial charge in [-0.2, -0.15) is 5.10 Å². The largest absolute Gasteiger partial charge is 0.294 e. The predicted octanol–water partition coefficient (Wildman–Crippen LogP) is 5.39. The summed E-state index contributed by atoms with van der Waals surface area (Å²) in [5.41, 5.74) is 2.28. The third-order valence-electron chi connectivity index (χ3n) is 4.40. The molecule has 1 N–H and O–H groups in total. The lowest BCUT2D eigenvalue weighted by atomic mass is 9.85. The predicted molar refractivity (Wildman–Crippen MR) is 93.2 cm³/mol. The molecule has 0 aliphatic heterocycles. The Morgan fingerprint density at radius 2 is 1.96 bits per heavy atom. The number of nitrogens with one attached hydrogen (secondary N) is 1. The zero-order valence-electron chi connectivity index (χ0n) is 14.1. The number of aromatic amines is 1. The Morgan fingerprint density at radius 3 is 2.50 bits per heavy atom. The Kier molecular flexibility index (Phi) is 6.17. The number of hydrogen-bond donors (Lipinski definition) is 1. The minimum atomic E-state index is -2.34. The number of hydrogen-bond acceptors (Lipinski definition) is 3. The van der Waals surface area contributed by atoms with Crippen molar-refractivity contribution < 1.29 is 16.4 Å². The molecule has 0 atom stereocenters. The molecule has 6 heteroatoms. The van der Waals surface area contributed by atoms with Crippen LogP contribution < -0.4 is 0 Å². The maximum atomic E-state index is 12.5. The van der Waals surface area contributed by atoms with Crippen molar-refractivity contribution in [3.63, 3.8) is 0 Å². The van der Waals surface area contributed by atoms with Crippen LogP contribution in [0.5, 0.6) is 0 Å². The van der Waals surface area contributed by atoms with Crippen molar-refractivity contribution in [2.45, 2.75) is 51.9 Å². The quantitative estimate of drug-likeness (QED) is 0.763. The Labute approximate surface area is 143 Å². The van der Waals surface area contributed by atoms with Crippen molar-refractivity contribution >= 4 is 5.78 Å². The van der Waals surface area contributed by atoms with Gasteiger partial charge in [0.15, 0.2) is 5.78 Å². The van der Waals surface area contributed by atoms with E-state index in [9.17, 15) is 13.6 Å². The van der Waals surface area contributed by atoms with E-state index in [0.29, 0.717) is 11.5 Å². The molecule has 0 saturated heterocycles. The molecule has 134 valence electrons. The Balaban J connectivity index is 0.000000469. The van der Waals surface area contributed by atoms with Crippen LogP contribution in [0.15, 0.2) is 30.7 Å². The van der Waals surface area contributed by atoms with Crippen molar-refractivity contribution in [1.29, 1.82) is 0 Å². The second-order valence-corrected chi connectivity index (χ2v) is 6.16. The van der Waals surface area contributed by atoms with Gasteiger partial charge in [0, 0.05) is 33.7 Å². The molecule has 4 nitrogen and oxygen atoms in total. The molecule has 0 radical (unpaired) electrons. The molecule has 0 unspecified atom stereocenters. The first-order chi connectivity index (χ1) is 11.4. The van der Waals surface area contributed by atoms with E-state index in [1.165, 1.54) is 13.1 Å². The lowest BCUT2D eigenvalue weighted by Gasteiger charge is -2.27. The van der Waals surface area contributed by atoms with Gasteiger partial charge >= 0.3 is 0 Å². The molecule has 24 heavy (non-hydrogen) atoms. The van der Waals surface area contributed by atoms with Crippen molar-refractivity contribution in [1.82, 2.24) is 15.2 Å². The number of carbonyl (C=O) groups is 1. The van der Waals surface area contributed by atoms with Gasteiger partial charge in [0.25, 0.3) is 0 Å². The third-order valence-corrected chi connectivity index (χ3v) is 4.40. The summed E-state index contributed by atoms with van der Waals surface area (Å²) in [5.74, 6) is -1.77. The summed E-state index contributed by atoms with van der Waals surface area (Å²) < 4.78 is 25.0. The maximum absolute atomic E-state index is 12.5. The topological polar surface area (TPSA) is 58.6 Å². The van der Waals surface area contributed by atoms with Gasteiger partial charge in [-0.3, -0.25) is 14.9 Å². The van der Waals surface area contributed by atoms with E-state index in [1.807, 2.05) is 12.1 Å². The lowest BCUT2D eigenvalue weighted by molar-refractivity contribution is -0.0460. The monoisotopic (exact) mass is 339 g/mol. The molecule has 1 fully saturated rings. The number of halogens is 2. The van der Waals surface area contributed by atoms with Crippen LogP contribution in [0.1, 0.15) is 59.2 Å². The molecule has 0 spiro atoms. The van der Waals surface area contributed by atoms with E-state index >= 15 is 0 Å². The average molecular weight is 339 g/mol. The first kappa shape index (κ1) is 18.2. The SMILES string of the molecule is CC(=O)c1cn[nH]c1-c1ccncc1.CCC1CCC(F)(F)CC1.[HH].[HH]. The van der Waals surface area contributed by atoms with E-state index in [4.69, 9.17) is 0 Å². The molecule has 3 rings (SSSR count). The second-order valence-electron chi connectivity index (χ2n) is 6.16. The number of rotatable bonds is 3. The second kappa shape index (κ2) is 8.13. The zero-order chi connectivity index (χ0) is 17.6. The first-order valence-electron chi connectivity index (χ1n) is 8.25. The minimum absolute atomic E-state index is 0. The summed E-state index contributed by atoms with van der Waals surface area (Å²) in [6, 6.07) is 3.67. The summed E-state index contributed by atoms with van der Waals surface area (Å²) in [7, 11) is 0. The van der Waals surface area contributed by atoms with E-state index in [1.54, 1.807) is 12.4 Å². The van der Waals surface area contributed by atoms with Crippen LogP contribution in [0.2, 0.25) is 0 Å². The van der Waals surface area contributed by atoms with Crippen LogP contribution in [-0.2, 0) is 0 Å². The van der Waals surface area contributed by atoms with Crippen molar-refractivity contribution in [3.8, 4) is 11.3 Å². The summed E-state index contributed by atoms with van der Waals surface area (Å²) in [6.45, 7) is 3.60. The van der Waals surface area contributed by atoms with Crippen molar-refractivity contribution in [2.75, 3.05) is 0 Å². The van der Waals surface area contributed by atoms with Crippen LogP contribution in [0.3, 0.4) is 0 Å².